The summed E-state index contributed by atoms with van der Waals surface area (Å²) >= 11 is 0. The molecule has 0 radical (unpaired) electrons. The molecule has 1 atom stereocenters. The third-order valence-corrected chi connectivity index (χ3v) is 6.03. The van der Waals surface area contributed by atoms with E-state index < -0.39 is 11.9 Å². The molecule has 1 unspecified atom stereocenters. The number of ether oxygens (including phenoxy) is 2. The Bertz CT molecular complexity index is 972. The Labute approximate surface area is 181 Å². The molecule has 8 heteroatoms. The number of halogens is 1. The average Bonchev–Trinajstić information content (AvgIpc) is 3.14. The minimum absolute atomic E-state index is 0.0289. The van der Waals surface area contributed by atoms with Gasteiger partial charge in [0.15, 0.2) is 0 Å². The summed E-state index contributed by atoms with van der Waals surface area (Å²) in [6, 6.07) is 5.33. The number of rotatable bonds is 4. The lowest BCUT2D eigenvalue weighted by molar-refractivity contribution is -0.139. The van der Waals surface area contributed by atoms with Crippen LogP contribution in [0.4, 0.5) is 15.8 Å². The number of piperazine rings is 1. The predicted octanol–water partition coefficient (Wildman–Crippen LogP) is 2.60. The van der Waals surface area contributed by atoms with Gasteiger partial charge in [-0.2, -0.15) is 0 Å². The number of benzene rings is 1. The molecule has 0 amide bonds. The maximum atomic E-state index is 15.2. The standard InChI is InChI=1S/C23H26FN3O4/c1-30-22(28)18-7-3-4-11-27(21(18)23(29)31-2)16-8-9-20(19(24)14-16)26-13-12-25-10-5-6-17(25)15-26/h3-4,7-9,11,14,17H,5-6,10,12-13,15H2,1-2H3. The topological polar surface area (TPSA) is 62.3 Å². The van der Waals surface area contributed by atoms with Gasteiger partial charge >= 0.3 is 11.9 Å². The number of nitrogens with zero attached hydrogens (tertiary/aromatic N) is 3. The van der Waals surface area contributed by atoms with Crippen molar-refractivity contribution in [1.82, 2.24) is 4.90 Å². The first kappa shape index (κ1) is 21.1. The molecule has 3 aliphatic rings. The maximum Gasteiger partial charge on any atom is 0.355 e. The first-order valence-electron chi connectivity index (χ1n) is 10.4. The average molecular weight is 427 g/mol. The van der Waals surface area contributed by atoms with Crippen LogP contribution in [0.3, 0.4) is 0 Å². The van der Waals surface area contributed by atoms with Gasteiger partial charge in [0, 0.05) is 43.6 Å². The van der Waals surface area contributed by atoms with Gasteiger partial charge in [-0.1, -0.05) is 6.08 Å². The SMILES string of the molecule is COC(=O)C1=C(C(=O)OC)N(c2ccc(N3CCN4CCCC4C3)c(F)c2)C=CC=C1. The van der Waals surface area contributed by atoms with Gasteiger partial charge in [0.05, 0.1) is 25.5 Å². The van der Waals surface area contributed by atoms with Gasteiger partial charge in [0.2, 0.25) is 0 Å². The summed E-state index contributed by atoms with van der Waals surface area (Å²) in [4.78, 5) is 30.8. The van der Waals surface area contributed by atoms with E-state index in [1.807, 2.05) is 0 Å². The second kappa shape index (κ2) is 8.93. The molecule has 0 aliphatic carbocycles. The first-order chi connectivity index (χ1) is 15.0. The molecule has 164 valence electrons. The fraction of sp³-hybridized carbons (Fsp3) is 0.391. The van der Waals surface area contributed by atoms with Crippen LogP contribution in [0.25, 0.3) is 0 Å². The lowest BCUT2D eigenvalue weighted by Crippen LogP contribution is -2.50. The van der Waals surface area contributed by atoms with Gasteiger partial charge < -0.3 is 19.3 Å². The van der Waals surface area contributed by atoms with Gasteiger partial charge in [0.25, 0.3) is 0 Å². The molecule has 3 aliphatic heterocycles. The summed E-state index contributed by atoms with van der Waals surface area (Å²) in [6.07, 6.45) is 8.67. The molecular formula is C23H26FN3O4. The monoisotopic (exact) mass is 427 g/mol. The zero-order valence-corrected chi connectivity index (χ0v) is 17.7. The summed E-state index contributed by atoms with van der Waals surface area (Å²) in [5.41, 5.74) is 0.943. The van der Waals surface area contributed by atoms with E-state index in [2.05, 4.69) is 9.80 Å². The lowest BCUT2D eigenvalue weighted by atomic mass is 10.1. The Morgan fingerprint density at radius 1 is 1.06 bits per heavy atom. The van der Waals surface area contributed by atoms with E-state index in [1.54, 1.807) is 30.5 Å². The second-order valence-corrected chi connectivity index (χ2v) is 7.73. The minimum atomic E-state index is -0.724. The van der Waals surface area contributed by atoms with Gasteiger partial charge in [-0.15, -0.1) is 0 Å². The van der Waals surface area contributed by atoms with Crippen molar-refractivity contribution >= 4 is 23.3 Å². The molecule has 2 fully saturated rings. The molecule has 1 aromatic carbocycles. The van der Waals surface area contributed by atoms with Gasteiger partial charge in [-0.3, -0.25) is 4.90 Å². The molecule has 0 bridgehead atoms. The molecule has 3 heterocycles. The van der Waals surface area contributed by atoms with Crippen LogP contribution in [0, 0.1) is 5.82 Å². The fourth-order valence-electron chi connectivity index (χ4n) is 4.48. The lowest BCUT2D eigenvalue weighted by Gasteiger charge is -2.39. The number of allylic oxidation sites excluding steroid dienone is 2. The quantitative estimate of drug-likeness (QED) is 0.685. The number of hydrogen-bond donors (Lipinski definition) is 0. The Morgan fingerprint density at radius 3 is 2.61 bits per heavy atom. The van der Waals surface area contributed by atoms with Crippen molar-refractivity contribution in [2.75, 3.05) is 50.2 Å². The highest BCUT2D eigenvalue weighted by Gasteiger charge is 2.32. The predicted molar refractivity (Wildman–Crippen MR) is 115 cm³/mol. The summed E-state index contributed by atoms with van der Waals surface area (Å²) in [5, 5.41) is 0. The van der Waals surface area contributed by atoms with Crippen molar-refractivity contribution in [2.45, 2.75) is 18.9 Å². The van der Waals surface area contributed by atoms with Crippen molar-refractivity contribution in [3.8, 4) is 0 Å². The number of anilines is 2. The molecular weight excluding hydrogens is 401 g/mol. The highest BCUT2D eigenvalue weighted by Crippen LogP contribution is 2.32. The van der Waals surface area contributed by atoms with Crippen LogP contribution in [0.5, 0.6) is 0 Å². The molecule has 1 aromatic rings. The molecule has 4 rings (SSSR count). The van der Waals surface area contributed by atoms with Crippen LogP contribution >= 0.6 is 0 Å². The maximum absolute atomic E-state index is 15.2. The molecule has 7 nitrogen and oxygen atoms in total. The molecule has 0 N–H and O–H groups in total. The fourth-order valence-corrected chi connectivity index (χ4v) is 4.48. The van der Waals surface area contributed by atoms with E-state index in [0.717, 1.165) is 32.6 Å². The number of hydrogen-bond acceptors (Lipinski definition) is 7. The highest BCUT2D eigenvalue weighted by molar-refractivity contribution is 6.05. The number of carbonyl (C=O) groups is 2. The highest BCUT2D eigenvalue weighted by atomic mass is 19.1. The zero-order chi connectivity index (χ0) is 22.0. The van der Waals surface area contributed by atoms with Gasteiger partial charge in [0.1, 0.15) is 11.5 Å². The third kappa shape index (κ3) is 4.07. The van der Waals surface area contributed by atoms with E-state index in [9.17, 15) is 9.59 Å². The number of fused-ring (bicyclic) bond motifs is 1. The smallest absolute Gasteiger partial charge is 0.355 e. The minimum Gasteiger partial charge on any atom is -0.465 e. The van der Waals surface area contributed by atoms with Crippen LogP contribution < -0.4 is 9.80 Å². The number of esters is 2. The summed E-state index contributed by atoms with van der Waals surface area (Å²) in [7, 11) is 2.46. The molecule has 31 heavy (non-hydrogen) atoms. The molecule has 2 saturated heterocycles. The Morgan fingerprint density at radius 2 is 1.87 bits per heavy atom. The summed E-state index contributed by atoms with van der Waals surface area (Å²) in [5.74, 6) is -1.78. The zero-order valence-electron chi connectivity index (χ0n) is 17.7. The molecule has 0 spiro atoms. The largest absolute Gasteiger partial charge is 0.465 e. The molecule has 0 saturated carbocycles. The third-order valence-electron chi connectivity index (χ3n) is 6.03. The van der Waals surface area contributed by atoms with Crippen LogP contribution in [0.15, 0.2) is 53.9 Å². The van der Waals surface area contributed by atoms with Crippen LogP contribution in [-0.4, -0.2) is 63.3 Å². The number of carbonyl (C=O) groups excluding carboxylic acids is 2. The second-order valence-electron chi connectivity index (χ2n) is 7.73. The van der Waals surface area contributed by atoms with E-state index in [-0.39, 0.29) is 17.1 Å². The van der Waals surface area contributed by atoms with Crippen LogP contribution in [0.2, 0.25) is 0 Å². The summed E-state index contributed by atoms with van der Waals surface area (Å²) in [6.45, 7) is 3.65. The Hall–Kier alpha value is -3.13. The van der Waals surface area contributed by atoms with E-state index in [4.69, 9.17) is 9.47 Å². The van der Waals surface area contributed by atoms with Crippen LogP contribution in [-0.2, 0) is 19.1 Å². The van der Waals surface area contributed by atoms with Gasteiger partial charge in [-0.05, 0) is 43.7 Å². The Balaban J connectivity index is 1.67. The first-order valence-corrected chi connectivity index (χ1v) is 10.4. The number of methoxy groups -OCH3 is 2. The van der Waals surface area contributed by atoms with Crippen molar-refractivity contribution < 1.29 is 23.5 Å². The van der Waals surface area contributed by atoms with Crippen molar-refractivity contribution in [2.24, 2.45) is 0 Å². The molecule has 0 aromatic heterocycles. The normalized spacial score (nSPS) is 21.2. The van der Waals surface area contributed by atoms with E-state index in [0.29, 0.717) is 17.4 Å². The van der Waals surface area contributed by atoms with Crippen molar-refractivity contribution in [1.29, 1.82) is 0 Å². The van der Waals surface area contributed by atoms with E-state index in [1.165, 1.54) is 37.7 Å². The van der Waals surface area contributed by atoms with E-state index >= 15 is 4.39 Å². The van der Waals surface area contributed by atoms with Gasteiger partial charge in [-0.25, -0.2) is 14.0 Å². The summed E-state index contributed by atoms with van der Waals surface area (Å²) < 4.78 is 24.9. The van der Waals surface area contributed by atoms with Crippen molar-refractivity contribution in [3.63, 3.8) is 0 Å². The Kier molecular flexibility index (Phi) is 6.08. The van der Waals surface area contributed by atoms with Crippen molar-refractivity contribution in [3.05, 3.63) is 59.7 Å². The van der Waals surface area contributed by atoms with Crippen LogP contribution in [0.1, 0.15) is 12.8 Å².